The fraction of sp³-hybridized carbons (Fsp3) is 0.444. The molecular formula is C18H24N4. The molecule has 116 valence electrons. The van der Waals surface area contributed by atoms with E-state index in [1.807, 2.05) is 6.07 Å². The third-order valence-corrected chi connectivity index (χ3v) is 4.18. The molecule has 1 aliphatic rings. The quantitative estimate of drug-likeness (QED) is 0.870. The molecule has 22 heavy (non-hydrogen) atoms. The van der Waals surface area contributed by atoms with Crippen molar-refractivity contribution in [1.82, 2.24) is 9.97 Å². The zero-order valence-electron chi connectivity index (χ0n) is 13.2. The van der Waals surface area contributed by atoms with Crippen LogP contribution < -0.4 is 10.6 Å². The molecule has 2 aromatic rings. The topological polar surface area (TPSA) is 49.8 Å². The number of rotatable bonds is 5. The Balaban J connectivity index is 1.58. The van der Waals surface area contributed by atoms with Gasteiger partial charge in [0.1, 0.15) is 18.0 Å². The second-order valence-electron chi connectivity index (χ2n) is 6.11. The van der Waals surface area contributed by atoms with Crippen LogP contribution in [0.2, 0.25) is 0 Å². The summed E-state index contributed by atoms with van der Waals surface area (Å²) in [5, 5.41) is 6.91. The lowest BCUT2D eigenvalue weighted by Gasteiger charge is -2.23. The molecule has 0 saturated heterocycles. The Morgan fingerprint density at radius 1 is 1.05 bits per heavy atom. The standard InChI is InChI=1S/C18H24N4/c1-14-6-5-7-15(10-14)12-19-17-11-18(21-13-20-17)22-16-8-3-2-4-9-16/h5-7,10-11,13,16H,2-4,8-9,12H2,1H3,(H2,19,20,21,22). The van der Waals surface area contributed by atoms with E-state index in [1.54, 1.807) is 6.33 Å². The number of aryl methyl sites for hydroxylation is 1. The van der Waals surface area contributed by atoms with Crippen molar-refractivity contribution < 1.29 is 0 Å². The van der Waals surface area contributed by atoms with Gasteiger partial charge in [-0.25, -0.2) is 9.97 Å². The Morgan fingerprint density at radius 2 is 1.86 bits per heavy atom. The molecule has 0 spiro atoms. The van der Waals surface area contributed by atoms with Gasteiger partial charge in [-0.2, -0.15) is 0 Å². The number of aromatic nitrogens is 2. The van der Waals surface area contributed by atoms with Gasteiger partial charge in [0.15, 0.2) is 0 Å². The van der Waals surface area contributed by atoms with Gasteiger partial charge in [0, 0.05) is 18.7 Å². The van der Waals surface area contributed by atoms with E-state index in [1.165, 1.54) is 43.2 Å². The van der Waals surface area contributed by atoms with Crippen LogP contribution in [0.15, 0.2) is 36.7 Å². The van der Waals surface area contributed by atoms with Crippen LogP contribution >= 0.6 is 0 Å². The second-order valence-corrected chi connectivity index (χ2v) is 6.11. The molecule has 1 aromatic heterocycles. The Bertz CT molecular complexity index is 606. The molecule has 4 nitrogen and oxygen atoms in total. The zero-order valence-corrected chi connectivity index (χ0v) is 13.2. The summed E-state index contributed by atoms with van der Waals surface area (Å²) in [7, 11) is 0. The van der Waals surface area contributed by atoms with E-state index in [9.17, 15) is 0 Å². The zero-order chi connectivity index (χ0) is 15.2. The lowest BCUT2D eigenvalue weighted by molar-refractivity contribution is 0.462. The predicted octanol–water partition coefficient (Wildman–Crippen LogP) is 4.14. The SMILES string of the molecule is Cc1cccc(CNc2cc(NC3CCCCC3)ncn2)c1. The maximum absolute atomic E-state index is 4.34. The smallest absolute Gasteiger partial charge is 0.131 e. The average Bonchev–Trinajstić information content (AvgIpc) is 2.54. The first-order valence-corrected chi connectivity index (χ1v) is 8.17. The molecular weight excluding hydrogens is 272 g/mol. The first-order valence-electron chi connectivity index (χ1n) is 8.17. The molecule has 0 atom stereocenters. The van der Waals surface area contributed by atoms with E-state index in [-0.39, 0.29) is 0 Å². The van der Waals surface area contributed by atoms with Gasteiger partial charge in [-0.1, -0.05) is 49.1 Å². The van der Waals surface area contributed by atoms with Crippen LogP contribution in [0.25, 0.3) is 0 Å². The molecule has 3 rings (SSSR count). The fourth-order valence-corrected chi connectivity index (χ4v) is 3.00. The van der Waals surface area contributed by atoms with Crippen LogP contribution in [-0.2, 0) is 6.54 Å². The summed E-state index contributed by atoms with van der Waals surface area (Å²) in [5.41, 5.74) is 2.54. The number of hydrogen-bond acceptors (Lipinski definition) is 4. The lowest BCUT2D eigenvalue weighted by Crippen LogP contribution is -2.22. The Hall–Kier alpha value is -2.10. The Kier molecular flexibility index (Phi) is 4.88. The fourth-order valence-electron chi connectivity index (χ4n) is 3.00. The summed E-state index contributed by atoms with van der Waals surface area (Å²) in [5.74, 6) is 1.79. The minimum Gasteiger partial charge on any atom is -0.367 e. The average molecular weight is 296 g/mol. The second kappa shape index (κ2) is 7.25. The van der Waals surface area contributed by atoms with Gasteiger partial charge in [-0.05, 0) is 25.3 Å². The molecule has 1 aromatic carbocycles. The molecule has 0 aliphatic heterocycles. The lowest BCUT2D eigenvalue weighted by atomic mass is 9.95. The Labute approximate surface area is 132 Å². The highest BCUT2D eigenvalue weighted by Crippen LogP contribution is 2.21. The van der Waals surface area contributed by atoms with Gasteiger partial charge in [0.05, 0.1) is 0 Å². The molecule has 2 N–H and O–H groups in total. The monoisotopic (exact) mass is 296 g/mol. The van der Waals surface area contributed by atoms with Crippen molar-refractivity contribution in [2.75, 3.05) is 10.6 Å². The summed E-state index contributed by atoms with van der Waals surface area (Å²) in [6.07, 6.45) is 8.13. The molecule has 4 heteroatoms. The van der Waals surface area contributed by atoms with E-state index in [0.717, 1.165) is 18.2 Å². The molecule has 1 saturated carbocycles. The third kappa shape index (κ3) is 4.20. The highest BCUT2D eigenvalue weighted by molar-refractivity contribution is 5.47. The van der Waals surface area contributed by atoms with E-state index in [4.69, 9.17) is 0 Å². The summed E-state index contributed by atoms with van der Waals surface area (Å²) < 4.78 is 0. The molecule has 1 aliphatic carbocycles. The van der Waals surface area contributed by atoms with Gasteiger partial charge in [-0.3, -0.25) is 0 Å². The summed E-state index contributed by atoms with van der Waals surface area (Å²) in [6.45, 7) is 2.89. The van der Waals surface area contributed by atoms with E-state index < -0.39 is 0 Å². The molecule has 1 fully saturated rings. The normalized spacial score (nSPS) is 15.5. The summed E-state index contributed by atoms with van der Waals surface area (Å²) in [6, 6.07) is 11.1. The first kappa shape index (κ1) is 14.8. The van der Waals surface area contributed by atoms with E-state index in [2.05, 4.69) is 51.8 Å². The third-order valence-electron chi connectivity index (χ3n) is 4.18. The van der Waals surface area contributed by atoms with E-state index >= 15 is 0 Å². The van der Waals surface area contributed by atoms with Crippen LogP contribution in [0.5, 0.6) is 0 Å². The number of anilines is 2. The Morgan fingerprint density at radius 3 is 2.68 bits per heavy atom. The van der Waals surface area contributed by atoms with Crippen molar-refractivity contribution in [2.45, 2.75) is 51.6 Å². The van der Waals surface area contributed by atoms with Crippen LogP contribution in [0.4, 0.5) is 11.6 Å². The maximum Gasteiger partial charge on any atom is 0.131 e. The molecule has 1 heterocycles. The molecule has 0 bridgehead atoms. The molecule has 0 amide bonds. The van der Waals surface area contributed by atoms with Crippen molar-refractivity contribution in [3.8, 4) is 0 Å². The first-order chi connectivity index (χ1) is 10.8. The van der Waals surface area contributed by atoms with Crippen LogP contribution in [0, 0.1) is 6.92 Å². The van der Waals surface area contributed by atoms with Crippen LogP contribution in [0.3, 0.4) is 0 Å². The molecule has 0 unspecified atom stereocenters. The minimum absolute atomic E-state index is 0.563. The van der Waals surface area contributed by atoms with Gasteiger partial charge < -0.3 is 10.6 Å². The highest BCUT2D eigenvalue weighted by Gasteiger charge is 2.13. The van der Waals surface area contributed by atoms with Crippen LogP contribution in [-0.4, -0.2) is 16.0 Å². The largest absolute Gasteiger partial charge is 0.367 e. The summed E-state index contributed by atoms with van der Waals surface area (Å²) >= 11 is 0. The van der Waals surface area contributed by atoms with E-state index in [0.29, 0.717) is 6.04 Å². The van der Waals surface area contributed by atoms with Gasteiger partial charge in [0.25, 0.3) is 0 Å². The summed E-state index contributed by atoms with van der Waals surface area (Å²) in [4.78, 5) is 8.65. The van der Waals surface area contributed by atoms with Crippen molar-refractivity contribution in [2.24, 2.45) is 0 Å². The number of benzene rings is 1. The van der Waals surface area contributed by atoms with Crippen molar-refractivity contribution in [3.05, 3.63) is 47.8 Å². The molecule has 0 radical (unpaired) electrons. The maximum atomic E-state index is 4.34. The predicted molar refractivity (Wildman–Crippen MR) is 91.0 cm³/mol. The van der Waals surface area contributed by atoms with Crippen molar-refractivity contribution in [1.29, 1.82) is 0 Å². The number of hydrogen-bond donors (Lipinski definition) is 2. The highest BCUT2D eigenvalue weighted by atomic mass is 15.1. The number of nitrogens with one attached hydrogen (secondary N) is 2. The van der Waals surface area contributed by atoms with Crippen molar-refractivity contribution >= 4 is 11.6 Å². The number of nitrogens with zero attached hydrogens (tertiary/aromatic N) is 2. The van der Waals surface area contributed by atoms with Crippen molar-refractivity contribution in [3.63, 3.8) is 0 Å². The van der Waals surface area contributed by atoms with Gasteiger partial charge in [0.2, 0.25) is 0 Å². The van der Waals surface area contributed by atoms with Gasteiger partial charge >= 0.3 is 0 Å². The van der Waals surface area contributed by atoms with Crippen LogP contribution in [0.1, 0.15) is 43.2 Å². The minimum atomic E-state index is 0.563. The van der Waals surface area contributed by atoms with Gasteiger partial charge in [-0.15, -0.1) is 0 Å².